The molecule has 1 aromatic carbocycles. The van der Waals surface area contributed by atoms with Crippen LogP contribution >= 0.6 is 11.6 Å². The zero-order valence-electron chi connectivity index (χ0n) is 14.0. The van der Waals surface area contributed by atoms with Crippen LogP contribution in [0.25, 0.3) is 11.1 Å². The van der Waals surface area contributed by atoms with Crippen molar-refractivity contribution in [3.05, 3.63) is 76.8 Å². The van der Waals surface area contributed by atoms with Gasteiger partial charge in [-0.2, -0.15) is 13.2 Å². The van der Waals surface area contributed by atoms with Gasteiger partial charge in [0.1, 0.15) is 5.69 Å². The largest absolute Gasteiger partial charge is 0.433 e. The Balaban J connectivity index is 1.87. The fourth-order valence-electron chi connectivity index (χ4n) is 2.50. The Hall–Kier alpha value is -2.93. The summed E-state index contributed by atoms with van der Waals surface area (Å²) in [5.74, 6) is -0.562. The van der Waals surface area contributed by atoms with Gasteiger partial charge in [0, 0.05) is 34.2 Å². The minimum atomic E-state index is -4.56. The highest BCUT2D eigenvalue weighted by Crippen LogP contribution is 2.31. The molecule has 0 aliphatic carbocycles. The number of halogens is 4. The number of hydrogen-bond donors (Lipinski definition) is 1. The molecule has 138 valence electrons. The first-order valence-electron chi connectivity index (χ1n) is 7.82. The summed E-state index contributed by atoms with van der Waals surface area (Å²) in [4.78, 5) is 20.0. The van der Waals surface area contributed by atoms with Crippen molar-refractivity contribution in [2.24, 2.45) is 0 Å². The van der Waals surface area contributed by atoms with Gasteiger partial charge in [-0.1, -0.05) is 17.7 Å². The first kappa shape index (κ1) is 18.8. The second-order valence-corrected chi connectivity index (χ2v) is 6.12. The Morgan fingerprint density at radius 3 is 2.56 bits per heavy atom. The molecule has 0 spiro atoms. The molecule has 0 atom stereocenters. The van der Waals surface area contributed by atoms with Gasteiger partial charge >= 0.3 is 6.18 Å². The minimum absolute atomic E-state index is 0.0104. The van der Waals surface area contributed by atoms with Crippen LogP contribution in [0.15, 0.2) is 54.9 Å². The topological polar surface area (TPSA) is 54.9 Å². The Morgan fingerprint density at radius 1 is 1.15 bits per heavy atom. The molecular weight excluding hydrogens is 379 g/mol. The second-order valence-electron chi connectivity index (χ2n) is 5.72. The number of hydrogen-bond acceptors (Lipinski definition) is 3. The number of rotatable bonds is 3. The first-order chi connectivity index (χ1) is 12.8. The standard InChI is InChI=1S/C19H13ClF3N3O/c1-11-14(5-7-17(25-11)19(21,22)23)18(27)26-13-4-6-16(20)15(9-13)12-3-2-8-24-10-12/h2-10H,1H3,(H,26,27). The van der Waals surface area contributed by atoms with Crippen LogP contribution in [0.1, 0.15) is 21.7 Å². The third-order valence-corrected chi connectivity index (χ3v) is 4.15. The van der Waals surface area contributed by atoms with E-state index in [2.05, 4.69) is 15.3 Å². The summed E-state index contributed by atoms with van der Waals surface area (Å²) in [5, 5.41) is 3.14. The van der Waals surface area contributed by atoms with E-state index in [4.69, 9.17) is 11.6 Å². The van der Waals surface area contributed by atoms with Crippen molar-refractivity contribution in [3.63, 3.8) is 0 Å². The highest BCUT2D eigenvalue weighted by Gasteiger charge is 2.33. The molecule has 0 aliphatic heterocycles. The molecular formula is C19H13ClF3N3O. The van der Waals surface area contributed by atoms with Gasteiger partial charge in [0.15, 0.2) is 0 Å². The third-order valence-electron chi connectivity index (χ3n) is 3.82. The number of carbonyl (C=O) groups excluding carboxylic acids is 1. The van der Waals surface area contributed by atoms with E-state index in [0.717, 1.165) is 17.7 Å². The summed E-state index contributed by atoms with van der Waals surface area (Å²) in [5.41, 5.74) is 0.893. The van der Waals surface area contributed by atoms with E-state index in [9.17, 15) is 18.0 Å². The van der Waals surface area contributed by atoms with Crippen molar-refractivity contribution >= 4 is 23.2 Å². The smallest absolute Gasteiger partial charge is 0.322 e. The van der Waals surface area contributed by atoms with Crippen LogP contribution in [0, 0.1) is 6.92 Å². The Labute approximate surface area is 158 Å². The van der Waals surface area contributed by atoms with Crippen LogP contribution in [0.5, 0.6) is 0 Å². The lowest BCUT2D eigenvalue weighted by molar-refractivity contribution is -0.141. The Morgan fingerprint density at radius 2 is 1.93 bits per heavy atom. The number of anilines is 1. The lowest BCUT2D eigenvalue weighted by atomic mass is 10.1. The van der Waals surface area contributed by atoms with E-state index in [1.54, 1.807) is 36.7 Å². The SMILES string of the molecule is Cc1nc(C(F)(F)F)ccc1C(=O)Nc1ccc(Cl)c(-c2cccnc2)c1. The van der Waals surface area contributed by atoms with Crippen molar-refractivity contribution in [3.8, 4) is 11.1 Å². The van der Waals surface area contributed by atoms with E-state index in [1.165, 1.54) is 6.92 Å². The van der Waals surface area contributed by atoms with E-state index in [-0.39, 0.29) is 11.3 Å². The summed E-state index contributed by atoms with van der Waals surface area (Å²) in [6.45, 7) is 1.35. The van der Waals surface area contributed by atoms with E-state index >= 15 is 0 Å². The van der Waals surface area contributed by atoms with Crippen LogP contribution in [0.2, 0.25) is 5.02 Å². The molecule has 1 N–H and O–H groups in total. The number of aromatic nitrogens is 2. The van der Waals surface area contributed by atoms with Gasteiger partial charge < -0.3 is 5.32 Å². The number of nitrogens with one attached hydrogen (secondary N) is 1. The maximum absolute atomic E-state index is 12.7. The van der Waals surface area contributed by atoms with Gasteiger partial charge in [-0.3, -0.25) is 9.78 Å². The Bertz CT molecular complexity index is 991. The predicted octanol–water partition coefficient (Wildman–Crippen LogP) is 5.38. The summed E-state index contributed by atoms with van der Waals surface area (Å²) < 4.78 is 38.1. The van der Waals surface area contributed by atoms with Crippen LogP contribution in [-0.4, -0.2) is 15.9 Å². The number of benzene rings is 1. The summed E-state index contributed by atoms with van der Waals surface area (Å²) >= 11 is 6.21. The quantitative estimate of drug-likeness (QED) is 0.652. The van der Waals surface area contributed by atoms with Crippen molar-refractivity contribution < 1.29 is 18.0 Å². The maximum Gasteiger partial charge on any atom is 0.433 e. The van der Waals surface area contributed by atoms with Gasteiger partial charge in [0.25, 0.3) is 5.91 Å². The van der Waals surface area contributed by atoms with Crippen LogP contribution < -0.4 is 5.32 Å². The number of aryl methyl sites for hydroxylation is 1. The number of amides is 1. The molecule has 3 rings (SSSR count). The molecule has 0 unspecified atom stereocenters. The van der Waals surface area contributed by atoms with Crippen LogP contribution in [-0.2, 0) is 6.18 Å². The lowest BCUT2D eigenvalue weighted by Crippen LogP contribution is -2.16. The molecule has 4 nitrogen and oxygen atoms in total. The number of pyridine rings is 2. The van der Waals surface area contributed by atoms with E-state index in [0.29, 0.717) is 16.3 Å². The van der Waals surface area contributed by atoms with Gasteiger partial charge in [-0.05, 0) is 43.3 Å². The van der Waals surface area contributed by atoms with Gasteiger partial charge in [0.2, 0.25) is 0 Å². The van der Waals surface area contributed by atoms with E-state index < -0.39 is 17.8 Å². The highest BCUT2D eigenvalue weighted by atomic mass is 35.5. The summed E-state index contributed by atoms with van der Waals surface area (Å²) in [6, 6.07) is 10.4. The fraction of sp³-hybridized carbons (Fsp3) is 0.105. The van der Waals surface area contributed by atoms with Gasteiger partial charge in [-0.15, -0.1) is 0 Å². The molecule has 0 aliphatic rings. The monoisotopic (exact) mass is 391 g/mol. The molecule has 0 saturated carbocycles. The molecule has 2 aromatic heterocycles. The van der Waals surface area contributed by atoms with Crippen LogP contribution in [0.4, 0.5) is 18.9 Å². The summed E-state index contributed by atoms with van der Waals surface area (Å²) in [7, 11) is 0. The summed E-state index contributed by atoms with van der Waals surface area (Å²) in [6.07, 6.45) is -1.30. The molecule has 1 amide bonds. The van der Waals surface area contributed by atoms with Gasteiger partial charge in [0.05, 0.1) is 11.3 Å². The van der Waals surface area contributed by atoms with Gasteiger partial charge in [-0.25, -0.2) is 4.98 Å². The Kier molecular flexibility index (Phi) is 5.14. The molecule has 27 heavy (non-hydrogen) atoms. The number of carbonyl (C=O) groups is 1. The first-order valence-corrected chi connectivity index (χ1v) is 8.19. The molecule has 3 aromatic rings. The average Bonchev–Trinajstić information content (AvgIpc) is 2.63. The zero-order valence-corrected chi connectivity index (χ0v) is 14.8. The van der Waals surface area contributed by atoms with Crippen molar-refractivity contribution in [1.29, 1.82) is 0 Å². The van der Waals surface area contributed by atoms with Crippen molar-refractivity contribution in [2.45, 2.75) is 13.1 Å². The molecule has 0 bridgehead atoms. The van der Waals surface area contributed by atoms with Crippen LogP contribution in [0.3, 0.4) is 0 Å². The molecule has 2 heterocycles. The van der Waals surface area contributed by atoms with Crippen molar-refractivity contribution in [1.82, 2.24) is 9.97 Å². The maximum atomic E-state index is 12.7. The average molecular weight is 392 g/mol. The normalized spacial score (nSPS) is 11.3. The second kappa shape index (κ2) is 7.36. The molecule has 0 fully saturated rings. The third kappa shape index (κ3) is 4.25. The highest BCUT2D eigenvalue weighted by molar-refractivity contribution is 6.33. The fourth-order valence-corrected chi connectivity index (χ4v) is 2.73. The number of nitrogens with zero attached hydrogens (tertiary/aromatic N) is 2. The molecule has 8 heteroatoms. The lowest BCUT2D eigenvalue weighted by Gasteiger charge is -2.12. The number of alkyl halides is 3. The molecule has 0 saturated heterocycles. The van der Waals surface area contributed by atoms with E-state index in [1.807, 2.05) is 6.07 Å². The minimum Gasteiger partial charge on any atom is -0.322 e. The van der Waals surface area contributed by atoms with Crippen molar-refractivity contribution in [2.75, 3.05) is 5.32 Å². The zero-order chi connectivity index (χ0) is 19.6. The predicted molar refractivity (Wildman–Crippen MR) is 96.6 cm³/mol. The molecule has 0 radical (unpaired) electrons.